The second-order valence-electron chi connectivity index (χ2n) is 5.03. The minimum Gasteiger partial charge on any atom is -0.341 e. The van der Waals surface area contributed by atoms with Crippen LogP contribution in [0.2, 0.25) is 0 Å². The summed E-state index contributed by atoms with van der Waals surface area (Å²) in [4.78, 5) is 36.4. The van der Waals surface area contributed by atoms with Gasteiger partial charge in [-0.25, -0.2) is 4.79 Å². The molecule has 0 aliphatic carbocycles. The molecule has 1 fully saturated rings. The van der Waals surface area contributed by atoms with Crippen LogP contribution in [0.15, 0.2) is 24.3 Å². The van der Waals surface area contributed by atoms with Crippen LogP contribution in [0.1, 0.15) is 30.1 Å². The van der Waals surface area contributed by atoms with Gasteiger partial charge in [0.05, 0.1) is 6.54 Å². The molecule has 0 spiro atoms. The molecule has 0 bridgehead atoms. The van der Waals surface area contributed by atoms with Gasteiger partial charge in [0.2, 0.25) is 5.91 Å². The second kappa shape index (κ2) is 6.88. The first-order chi connectivity index (χ1) is 10.1. The van der Waals surface area contributed by atoms with Gasteiger partial charge in [0.1, 0.15) is 0 Å². The van der Waals surface area contributed by atoms with Crippen molar-refractivity contribution in [1.82, 2.24) is 10.2 Å². The van der Waals surface area contributed by atoms with E-state index in [1.807, 2.05) is 0 Å². The number of urea groups is 1. The Balaban J connectivity index is 1.78. The van der Waals surface area contributed by atoms with Gasteiger partial charge in [0, 0.05) is 24.3 Å². The summed E-state index contributed by atoms with van der Waals surface area (Å²) in [6, 6.07) is 6.16. The van der Waals surface area contributed by atoms with E-state index in [-0.39, 0.29) is 18.2 Å². The predicted molar refractivity (Wildman–Crippen MR) is 79.3 cm³/mol. The number of nitrogens with one attached hydrogen (secondary N) is 2. The average Bonchev–Trinajstić information content (AvgIpc) is 2.99. The van der Waals surface area contributed by atoms with Crippen molar-refractivity contribution in [3.05, 3.63) is 29.8 Å². The number of rotatable bonds is 4. The summed E-state index contributed by atoms with van der Waals surface area (Å²) in [6.45, 7) is 3.03. The van der Waals surface area contributed by atoms with Gasteiger partial charge in [-0.1, -0.05) is 0 Å². The van der Waals surface area contributed by atoms with Crippen LogP contribution in [0, 0.1) is 0 Å². The first-order valence-corrected chi connectivity index (χ1v) is 7.00. The number of benzene rings is 1. The molecule has 21 heavy (non-hydrogen) atoms. The Bertz CT molecular complexity index is 534. The van der Waals surface area contributed by atoms with Crippen LogP contribution in [-0.2, 0) is 4.79 Å². The van der Waals surface area contributed by atoms with E-state index in [0.29, 0.717) is 11.3 Å². The fourth-order valence-corrected chi connectivity index (χ4v) is 2.20. The highest BCUT2D eigenvalue weighted by molar-refractivity contribution is 5.95. The highest BCUT2D eigenvalue weighted by atomic mass is 16.2. The minimum absolute atomic E-state index is 0.00262. The number of Topliss-reactive ketones (excluding diaryl/α,β-unsaturated/α-hetero) is 1. The Hall–Kier alpha value is -2.37. The van der Waals surface area contributed by atoms with E-state index < -0.39 is 6.03 Å². The smallest absolute Gasteiger partial charge is 0.319 e. The van der Waals surface area contributed by atoms with Crippen LogP contribution < -0.4 is 10.6 Å². The van der Waals surface area contributed by atoms with Gasteiger partial charge >= 0.3 is 6.03 Å². The number of anilines is 1. The van der Waals surface area contributed by atoms with E-state index in [0.717, 1.165) is 25.9 Å². The standard InChI is InChI=1S/C15H19N3O3/c1-11(19)12-4-6-13(7-5-12)17-15(21)16-10-14(20)18-8-2-3-9-18/h4-7H,2-3,8-10H2,1H3,(H2,16,17,21). The monoisotopic (exact) mass is 289 g/mol. The first-order valence-electron chi connectivity index (χ1n) is 7.00. The van der Waals surface area contributed by atoms with Gasteiger partial charge in [-0.3, -0.25) is 9.59 Å². The Kier molecular flexibility index (Phi) is 4.92. The molecule has 6 heteroatoms. The quantitative estimate of drug-likeness (QED) is 0.827. The fourth-order valence-electron chi connectivity index (χ4n) is 2.20. The summed E-state index contributed by atoms with van der Waals surface area (Å²) in [7, 11) is 0. The SMILES string of the molecule is CC(=O)c1ccc(NC(=O)NCC(=O)N2CCCC2)cc1. The lowest BCUT2D eigenvalue weighted by Gasteiger charge is -2.15. The van der Waals surface area contributed by atoms with E-state index in [4.69, 9.17) is 0 Å². The maximum atomic E-state index is 11.8. The van der Waals surface area contributed by atoms with E-state index in [1.54, 1.807) is 29.2 Å². The highest BCUT2D eigenvalue weighted by Gasteiger charge is 2.18. The van der Waals surface area contributed by atoms with Crippen LogP contribution in [0.3, 0.4) is 0 Å². The minimum atomic E-state index is -0.432. The van der Waals surface area contributed by atoms with Crippen LogP contribution in [-0.4, -0.2) is 42.3 Å². The van der Waals surface area contributed by atoms with Gasteiger partial charge in [0.25, 0.3) is 0 Å². The molecule has 0 aromatic heterocycles. The maximum Gasteiger partial charge on any atom is 0.319 e. The number of nitrogens with zero attached hydrogens (tertiary/aromatic N) is 1. The van der Waals surface area contributed by atoms with Gasteiger partial charge in [-0.15, -0.1) is 0 Å². The third-order valence-electron chi connectivity index (χ3n) is 3.41. The van der Waals surface area contributed by atoms with Gasteiger partial charge in [-0.05, 0) is 44.0 Å². The molecule has 3 amide bonds. The van der Waals surface area contributed by atoms with E-state index in [9.17, 15) is 14.4 Å². The molecule has 1 aliphatic rings. The third kappa shape index (κ3) is 4.30. The molecule has 112 valence electrons. The molecular formula is C15H19N3O3. The van der Waals surface area contributed by atoms with Gasteiger partial charge < -0.3 is 15.5 Å². The summed E-state index contributed by atoms with van der Waals surface area (Å²) in [5.41, 5.74) is 1.16. The Morgan fingerprint density at radius 2 is 1.71 bits per heavy atom. The summed E-state index contributed by atoms with van der Waals surface area (Å²) in [5.74, 6) is -0.0863. The lowest BCUT2D eigenvalue weighted by molar-refractivity contribution is -0.128. The zero-order valence-electron chi connectivity index (χ0n) is 12.0. The van der Waals surface area contributed by atoms with Crippen molar-refractivity contribution in [2.45, 2.75) is 19.8 Å². The van der Waals surface area contributed by atoms with Crippen LogP contribution >= 0.6 is 0 Å². The number of carbonyl (C=O) groups excluding carboxylic acids is 3. The predicted octanol–water partition coefficient (Wildman–Crippen LogP) is 1.63. The Morgan fingerprint density at radius 1 is 1.10 bits per heavy atom. The number of hydrogen-bond donors (Lipinski definition) is 2. The lowest BCUT2D eigenvalue weighted by atomic mass is 10.1. The van der Waals surface area contributed by atoms with Crippen molar-refractivity contribution < 1.29 is 14.4 Å². The zero-order valence-corrected chi connectivity index (χ0v) is 12.0. The topological polar surface area (TPSA) is 78.5 Å². The van der Waals surface area contributed by atoms with Crippen molar-refractivity contribution in [3.63, 3.8) is 0 Å². The largest absolute Gasteiger partial charge is 0.341 e. The molecule has 0 saturated carbocycles. The lowest BCUT2D eigenvalue weighted by Crippen LogP contribution is -2.40. The van der Waals surface area contributed by atoms with Crippen LogP contribution in [0.25, 0.3) is 0 Å². The summed E-state index contributed by atoms with van der Waals surface area (Å²) < 4.78 is 0. The van der Waals surface area contributed by atoms with Crippen molar-refractivity contribution in [2.24, 2.45) is 0 Å². The molecule has 1 aromatic carbocycles. The molecule has 1 aromatic rings. The molecule has 0 unspecified atom stereocenters. The van der Waals surface area contributed by atoms with Crippen LogP contribution in [0.4, 0.5) is 10.5 Å². The summed E-state index contributed by atoms with van der Waals surface area (Å²) in [5, 5.41) is 5.16. The summed E-state index contributed by atoms with van der Waals surface area (Å²) in [6.07, 6.45) is 2.06. The first kappa shape index (κ1) is 15.0. The Labute approximate surface area is 123 Å². The molecule has 6 nitrogen and oxygen atoms in total. The van der Waals surface area contributed by atoms with Crippen LogP contribution in [0.5, 0.6) is 0 Å². The molecule has 2 rings (SSSR count). The van der Waals surface area contributed by atoms with E-state index in [2.05, 4.69) is 10.6 Å². The fraction of sp³-hybridized carbons (Fsp3) is 0.400. The zero-order chi connectivity index (χ0) is 15.2. The van der Waals surface area contributed by atoms with Gasteiger partial charge in [0.15, 0.2) is 5.78 Å². The normalized spacial score (nSPS) is 13.9. The average molecular weight is 289 g/mol. The van der Waals surface area contributed by atoms with Crippen molar-refractivity contribution in [2.75, 3.05) is 25.0 Å². The molecule has 0 atom stereocenters. The molecule has 1 aliphatic heterocycles. The number of ketones is 1. The second-order valence-corrected chi connectivity index (χ2v) is 5.03. The number of amides is 3. The van der Waals surface area contributed by atoms with Crippen molar-refractivity contribution >= 4 is 23.4 Å². The maximum absolute atomic E-state index is 11.8. The number of likely N-dealkylation sites (tertiary alicyclic amines) is 1. The van der Waals surface area contributed by atoms with Crippen molar-refractivity contribution in [1.29, 1.82) is 0 Å². The molecule has 2 N–H and O–H groups in total. The Morgan fingerprint density at radius 3 is 2.29 bits per heavy atom. The molecular weight excluding hydrogens is 270 g/mol. The summed E-state index contributed by atoms with van der Waals surface area (Å²) >= 11 is 0. The number of hydrogen-bond acceptors (Lipinski definition) is 3. The van der Waals surface area contributed by atoms with Crippen molar-refractivity contribution in [3.8, 4) is 0 Å². The molecule has 1 saturated heterocycles. The van der Waals surface area contributed by atoms with E-state index >= 15 is 0 Å². The molecule has 0 radical (unpaired) electrons. The van der Waals surface area contributed by atoms with Gasteiger partial charge in [-0.2, -0.15) is 0 Å². The third-order valence-corrected chi connectivity index (χ3v) is 3.41. The number of carbonyl (C=O) groups is 3. The van der Waals surface area contributed by atoms with E-state index in [1.165, 1.54) is 6.92 Å². The highest BCUT2D eigenvalue weighted by Crippen LogP contribution is 2.10. The molecule has 1 heterocycles.